The van der Waals surface area contributed by atoms with Gasteiger partial charge in [0.15, 0.2) is 0 Å². The fourth-order valence-corrected chi connectivity index (χ4v) is 10.5. The third-order valence-corrected chi connectivity index (χ3v) is 15.8. The minimum Gasteiger partial charge on any atom is -0.466 e. The average molecular weight is 1080 g/mol. The van der Waals surface area contributed by atoms with E-state index < -0.39 is 12.1 Å². The lowest BCUT2D eigenvalue weighted by molar-refractivity contribution is -0.143. The number of esters is 1. The van der Waals surface area contributed by atoms with E-state index in [0.717, 1.165) is 64.2 Å². The van der Waals surface area contributed by atoms with Crippen molar-refractivity contribution in [1.82, 2.24) is 5.32 Å². The molecule has 0 rings (SSSR count). The maximum atomic E-state index is 12.5. The van der Waals surface area contributed by atoms with Crippen molar-refractivity contribution >= 4 is 11.9 Å². The highest BCUT2D eigenvalue weighted by molar-refractivity contribution is 5.76. The Morgan fingerprint density at radius 3 is 1.00 bits per heavy atom. The van der Waals surface area contributed by atoms with E-state index in [4.69, 9.17) is 4.74 Å². The molecule has 0 saturated carbocycles. The van der Waals surface area contributed by atoms with Crippen molar-refractivity contribution in [2.45, 2.75) is 379 Å². The molecule has 0 bridgehead atoms. The molecule has 0 aromatic heterocycles. The number of hydrogen-bond donors (Lipinski definition) is 3. The standard InChI is InChI=1S/C71H133NO5/c1-3-5-7-9-11-13-15-17-19-21-22-28-32-35-39-43-47-51-55-59-63-69(74)68(67-73)72-70(75)64-60-56-52-48-44-40-36-33-29-26-24-23-25-27-30-34-38-42-46-50-54-58-62-66-77-71(76)65-61-57-53-49-45-41-37-31-20-18-16-14-12-10-8-6-4-2/h18,20,23,25-26,29,59,63,68-69,73-74H,3-17,19,21-22,24,27-28,30-58,60-62,64-67H2,1-2H3,(H,72,75)/b20-18-,25-23-,29-26-,63-59+. The van der Waals surface area contributed by atoms with Crippen LogP contribution < -0.4 is 5.32 Å². The summed E-state index contributed by atoms with van der Waals surface area (Å²) < 4.78 is 5.49. The van der Waals surface area contributed by atoms with Gasteiger partial charge in [-0.2, -0.15) is 0 Å². The molecule has 0 aliphatic rings. The number of carbonyl (C=O) groups is 2. The van der Waals surface area contributed by atoms with Crippen LogP contribution in [-0.2, 0) is 14.3 Å². The van der Waals surface area contributed by atoms with Gasteiger partial charge in [0.05, 0.1) is 25.4 Å². The molecule has 452 valence electrons. The molecule has 2 unspecified atom stereocenters. The molecular formula is C71H133NO5. The average Bonchev–Trinajstić information content (AvgIpc) is 3.43. The SMILES string of the molecule is CCCCCCCC/C=C\CCCCCCCCCC(=O)OCCCCCCCCCCC/C=C\C/C=C\CCCCCCCCCC(=O)NC(CO)C(O)/C=C/CCCCCCCCCCCCCCCCCCCC. The highest BCUT2D eigenvalue weighted by Crippen LogP contribution is 2.17. The maximum absolute atomic E-state index is 12.5. The number of rotatable bonds is 64. The molecule has 1 amide bonds. The summed E-state index contributed by atoms with van der Waals surface area (Å²) in [6.07, 6.45) is 86.0. The number of aliphatic hydroxyl groups excluding tert-OH is 2. The summed E-state index contributed by atoms with van der Waals surface area (Å²) in [7, 11) is 0. The van der Waals surface area contributed by atoms with Crippen molar-refractivity contribution in [3.05, 3.63) is 48.6 Å². The fourth-order valence-electron chi connectivity index (χ4n) is 10.5. The van der Waals surface area contributed by atoms with Crippen molar-refractivity contribution in [2.75, 3.05) is 13.2 Å². The lowest BCUT2D eigenvalue weighted by Crippen LogP contribution is -2.45. The van der Waals surface area contributed by atoms with Crippen LogP contribution in [0, 0.1) is 0 Å². The molecule has 6 heteroatoms. The first-order valence-electron chi connectivity index (χ1n) is 34.4. The molecule has 0 aromatic rings. The van der Waals surface area contributed by atoms with Crippen LogP contribution in [0.1, 0.15) is 367 Å². The van der Waals surface area contributed by atoms with E-state index in [2.05, 4.69) is 55.6 Å². The lowest BCUT2D eigenvalue weighted by atomic mass is 10.0. The van der Waals surface area contributed by atoms with Gasteiger partial charge >= 0.3 is 5.97 Å². The molecule has 0 radical (unpaired) electrons. The van der Waals surface area contributed by atoms with E-state index in [1.165, 1.54) is 276 Å². The van der Waals surface area contributed by atoms with Crippen LogP contribution in [0.4, 0.5) is 0 Å². The number of carbonyl (C=O) groups excluding carboxylic acids is 2. The van der Waals surface area contributed by atoms with E-state index in [0.29, 0.717) is 19.4 Å². The summed E-state index contributed by atoms with van der Waals surface area (Å²) >= 11 is 0. The largest absolute Gasteiger partial charge is 0.466 e. The predicted octanol–water partition coefficient (Wildman–Crippen LogP) is 22.1. The Hall–Kier alpha value is -2.18. The van der Waals surface area contributed by atoms with Gasteiger partial charge in [0.25, 0.3) is 0 Å². The van der Waals surface area contributed by atoms with Crippen LogP contribution >= 0.6 is 0 Å². The van der Waals surface area contributed by atoms with E-state index in [-0.39, 0.29) is 18.5 Å². The van der Waals surface area contributed by atoms with Gasteiger partial charge in [-0.15, -0.1) is 0 Å². The molecule has 0 heterocycles. The summed E-state index contributed by atoms with van der Waals surface area (Å²) in [5, 5.41) is 23.2. The first kappa shape index (κ1) is 74.8. The van der Waals surface area contributed by atoms with Crippen LogP contribution in [0.2, 0.25) is 0 Å². The van der Waals surface area contributed by atoms with Gasteiger partial charge in [-0.05, 0) is 89.9 Å². The summed E-state index contributed by atoms with van der Waals surface area (Å²) in [4.78, 5) is 24.6. The monoisotopic (exact) mass is 1080 g/mol. The third kappa shape index (κ3) is 62.9. The van der Waals surface area contributed by atoms with E-state index in [1.807, 2.05) is 6.08 Å². The Morgan fingerprint density at radius 1 is 0.364 bits per heavy atom. The Morgan fingerprint density at radius 2 is 0.649 bits per heavy atom. The number of ether oxygens (including phenoxy) is 1. The molecule has 0 aliphatic carbocycles. The van der Waals surface area contributed by atoms with Crippen molar-refractivity contribution in [1.29, 1.82) is 0 Å². The van der Waals surface area contributed by atoms with Gasteiger partial charge in [0, 0.05) is 12.8 Å². The Balaban J connectivity index is 3.47. The fraction of sp³-hybridized carbons (Fsp3) is 0.859. The second-order valence-electron chi connectivity index (χ2n) is 23.5. The zero-order valence-corrected chi connectivity index (χ0v) is 51.7. The third-order valence-electron chi connectivity index (χ3n) is 15.8. The van der Waals surface area contributed by atoms with E-state index >= 15 is 0 Å². The van der Waals surface area contributed by atoms with Crippen molar-refractivity contribution < 1.29 is 24.5 Å². The zero-order valence-electron chi connectivity index (χ0n) is 51.7. The van der Waals surface area contributed by atoms with E-state index in [9.17, 15) is 19.8 Å². The number of allylic oxidation sites excluding steroid dienone is 7. The summed E-state index contributed by atoms with van der Waals surface area (Å²) in [5.74, 6) is -0.0726. The van der Waals surface area contributed by atoms with Crippen molar-refractivity contribution in [3.63, 3.8) is 0 Å². The van der Waals surface area contributed by atoms with Gasteiger partial charge < -0.3 is 20.3 Å². The van der Waals surface area contributed by atoms with Crippen LogP contribution in [0.5, 0.6) is 0 Å². The van der Waals surface area contributed by atoms with Crippen LogP contribution in [-0.4, -0.2) is 47.4 Å². The molecule has 0 spiro atoms. The minimum absolute atomic E-state index is 0.00337. The van der Waals surface area contributed by atoms with Crippen LogP contribution in [0.25, 0.3) is 0 Å². The number of amides is 1. The number of hydrogen-bond acceptors (Lipinski definition) is 5. The molecule has 0 aliphatic heterocycles. The van der Waals surface area contributed by atoms with E-state index in [1.54, 1.807) is 6.08 Å². The second-order valence-corrected chi connectivity index (χ2v) is 23.5. The van der Waals surface area contributed by atoms with Gasteiger partial charge in [0.1, 0.15) is 0 Å². The van der Waals surface area contributed by atoms with Crippen LogP contribution in [0.3, 0.4) is 0 Å². The smallest absolute Gasteiger partial charge is 0.305 e. The van der Waals surface area contributed by atoms with Crippen molar-refractivity contribution in [2.24, 2.45) is 0 Å². The molecule has 0 fully saturated rings. The van der Waals surface area contributed by atoms with Gasteiger partial charge in [0.2, 0.25) is 5.91 Å². The lowest BCUT2D eigenvalue weighted by Gasteiger charge is -2.20. The number of nitrogens with one attached hydrogen (secondary N) is 1. The number of unbranched alkanes of at least 4 members (excludes halogenated alkanes) is 47. The molecule has 0 saturated heterocycles. The first-order valence-corrected chi connectivity index (χ1v) is 34.4. The molecule has 77 heavy (non-hydrogen) atoms. The second kappa shape index (κ2) is 66.3. The minimum atomic E-state index is -0.853. The Bertz CT molecular complexity index is 1290. The van der Waals surface area contributed by atoms with Crippen molar-refractivity contribution in [3.8, 4) is 0 Å². The summed E-state index contributed by atoms with van der Waals surface area (Å²) in [6, 6.07) is -0.637. The Kier molecular flexibility index (Phi) is 64.5. The summed E-state index contributed by atoms with van der Waals surface area (Å²) in [5.41, 5.74) is 0. The topological polar surface area (TPSA) is 95.9 Å². The molecule has 6 nitrogen and oxygen atoms in total. The van der Waals surface area contributed by atoms with Gasteiger partial charge in [-0.1, -0.05) is 313 Å². The van der Waals surface area contributed by atoms with Gasteiger partial charge in [-0.25, -0.2) is 0 Å². The highest BCUT2D eigenvalue weighted by Gasteiger charge is 2.18. The molecular weight excluding hydrogens is 947 g/mol. The Labute approximate surface area is 480 Å². The zero-order chi connectivity index (χ0) is 55.7. The molecule has 2 atom stereocenters. The van der Waals surface area contributed by atoms with Gasteiger partial charge in [-0.3, -0.25) is 9.59 Å². The summed E-state index contributed by atoms with van der Waals surface area (Å²) in [6.45, 7) is 4.91. The predicted molar refractivity (Wildman–Crippen MR) is 338 cm³/mol. The molecule has 3 N–H and O–H groups in total. The first-order chi connectivity index (χ1) is 38.0. The quantitative estimate of drug-likeness (QED) is 0.0320. The van der Waals surface area contributed by atoms with Crippen LogP contribution in [0.15, 0.2) is 48.6 Å². The maximum Gasteiger partial charge on any atom is 0.305 e. The number of aliphatic hydroxyl groups is 2. The molecule has 0 aromatic carbocycles. The normalized spacial score (nSPS) is 12.8. The highest BCUT2D eigenvalue weighted by atomic mass is 16.5.